The zero-order valence-electron chi connectivity index (χ0n) is 25.6. The largest absolute Gasteiger partial charge is 0.507 e. The van der Waals surface area contributed by atoms with Crippen molar-refractivity contribution in [2.45, 2.75) is 0 Å². The van der Waals surface area contributed by atoms with Crippen molar-refractivity contribution < 1.29 is 44.7 Å². The lowest BCUT2D eigenvalue weighted by atomic mass is 9.81. The van der Waals surface area contributed by atoms with E-state index in [1.54, 1.807) is 31.4 Å². The molecular formula is C32H40Cl2N4O9. The number of aliphatic hydroxyl groups excluding tert-OH is 2. The summed E-state index contributed by atoms with van der Waals surface area (Å²) in [7, 11) is 1.55. The monoisotopic (exact) mass is 694 g/mol. The number of carboxylic acid groups (broad SMARTS) is 1. The fourth-order valence-corrected chi connectivity index (χ4v) is 4.60. The number of aromatic hydroxyl groups is 2. The quantitative estimate of drug-likeness (QED) is 0.0498. The molecule has 0 unspecified atom stereocenters. The summed E-state index contributed by atoms with van der Waals surface area (Å²) in [6, 6.07) is 13.0. The van der Waals surface area contributed by atoms with Crippen molar-refractivity contribution in [1.82, 2.24) is 10.6 Å². The average Bonchev–Trinajstić information content (AvgIpc) is 3.04. The Hall–Kier alpha value is -4.37. The molecule has 3 aromatic carbocycles. The minimum Gasteiger partial charge on any atom is -0.507 e. The molecule has 0 aliphatic heterocycles. The number of halogens is 2. The van der Waals surface area contributed by atoms with Crippen molar-refractivity contribution >= 4 is 59.8 Å². The van der Waals surface area contributed by atoms with E-state index in [1.807, 2.05) is 12.1 Å². The van der Waals surface area contributed by atoms with Crippen LogP contribution in [0.2, 0.25) is 0 Å². The van der Waals surface area contributed by atoms with Gasteiger partial charge in [-0.05, 0) is 36.4 Å². The lowest BCUT2D eigenvalue weighted by Gasteiger charge is -2.25. The first-order valence-electron chi connectivity index (χ1n) is 14.2. The number of phenols is 2. The molecule has 0 saturated carbocycles. The van der Waals surface area contributed by atoms with Crippen LogP contribution in [0.3, 0.4) is 0 Å². The maximum absolute atomic E-state index is 13.4. The third-order valence-electron chi connectivity index (χ3n) is 6.63. The average molecular weight is 696 g/mol. The summed E-state index contributed by atoms with van der Waals surface area (Å²) >= 11 is 0. The number of ketones is 2. The number of fused-ring (bicyclic) bond motifs is 2. The number of rotatable bonds is 15. The van der Waals surface area contributed by atoms with Crippen molar-refractivity contribution in [3.63, 3.8) is 0 Å². The molecular weight excluding hydrogens is 655 g/mol. The van der Waals surface area contributed by atoms with Gasteiger partial charge < -0.3 is 51.5 Å². The number of para-hydroxylation sites is 1. The molecule has 0 atom stereocenters. The summed E-state index contributed by atoms with van der Waals surface area (Å²) in [4.78, 5) is 37.0. The number of anilines is 2. The number of aliphatic hydroxyl groups is 2. The highest BCUT2D eigenvalue weighted by Crippen LogP contribution is 2.42. The van der Waals surface area contributed by atoms with Crippen LogP contribution in [0.15, 0.2) is 54.6 Å². The summed E-state index contributed by atoms with van der Waals surface area (Å²) in [5.74, 6) is -2.16. The molecule has 0 heterocycles. The SMILES string of the molecule is COc1ccccc1C=CC(=O)O.Cl.Cl.O=C1c2c(O)ccc(O)c2C(=O)c2c(NCCNCCO)ccc(NCCNCCO)c21. The normalized spacial score (nSPS) is 11.3. The molecule has 13 nitrogen and oxygen atoms in total. The van der Waals surface area contributed by atoms with Gasteiger partial charge in [0, 0.05) is 62.3 Å². The molecule has 47 heavy (non-hydrogen) atoms. The van der Waals surface area contributed by atoms with E-state index in [2.05, 4.69) is 21.3 Å². The predicted molar refractivity (Wildman–Crippen MR) is 184 cm³/mol. The van der Waals surface area contributed by atoms with Crippen molar-refractivity contribution in [2.75, 3.05) is 70.2 Å². The Morgan fingerprint density at radius 2 is 1.17 bits per heavy atom. The van der Waals surface area contributed by atoms with E-state index in [9.17, 15) is 24.6 Å². The second-order valence-corrected chi connectivity index (χ2v) is 9.64. The molecule has 0 fully saturated rings. The van der Waals surface area contributed by atoms with Crippen molar-refractivity contribution in [3.05, 3.63) is 82.4 Å². The van der Waals surface area contributed by atoms with Crippen molar-refractivity contribution in [1.29, 1.82) is 0 Å². The molecule has 4 rings (SSSR count). The van der Waals surface area contributed by atoms with Crippen LogP contribution < -0.4 is 26.0 Å². The molecule has 0 amide bonds. The molecule has 15 heteroatoms. The first kappa shape index (κ1) is 40.7. The zero-order chi connectivity index (χ0) is 32.8. The number of ether oxygens (including phenoxy) is 1. The van der Waals surface area contributed by atoms with Gasteiger partial charge in [0.05, 0.1) is 42.6 Å². The Labute approximate surface area is 284 Å². The van der Waals surface area contributed by atoms with Gasteiger partial charge in [-0.15, -0.1) is 24.8 Å². The van der Waals surface area contributed by atoms with Gasteiger partial charge in [0.2, 0.25) is 11.6 Å². The highest BCUT2D eigenvalue weighted by atomic mass is 35.5. The Morgan fingerprint density at radius 3 is 1.60 bits per heavy atom. The van der Waals surface area contributed by atoms with Crippen LogP contribution in [0, 0.1) is 0 Å². The van der Waals surface area contributed by atoms with Gasteiger partial charge in [0.1, 0.15) is 17.2 Å². The molecule has 3 aromatic rings. The van der Waals surface area contributed by atoms with Gasteiger partial charge in [-0.2, -0.15) is 0 Å². The molecule has 1 aliphatic rings. The third kappa shape index (κ3) is 10.8. The number of methoxy groups -OCH3 is 1. The maximum Gasteiger partial charge on any atom is 0.328 e. The van der Waals surface area contributed by atoms with E-state index in [0.717, 1.165) is 11.6 Å². The third-order valence-corrected chi connectivity index (χ3v) is 6.63. The summed E-state index contributed by atoms with van der Waals surface area (Å²) in [6.07, 6.45) is 2.58. The van der Waals surface area contributed by atoms with E-state index in [0.29, 0.717) is 56.4 Å². The minimum atomic E-state index is -0.967. The first-order valence-corrected chi connectivity index (χ1v) is 14.2. The fourth-order valence-electron chi connectivity index (χ4n) is 4.60. The zero-order valence-corrected chi connectivity index (χ0v) is 27.2. The van der Waals surface area contributed by atoms with Crippen LogP contribution in [0.4, 0.5) is 11.4 Å². The van der Waals surface area contributed by atoms with Gasteiger partial charge in [-0.3, -0.25) is 9.59 Å². The summed E-state index contributed by atoms with van der Waals surface area (Å²) < 4.78 is 5.03. The van der Waals surface area contributed by atoms with Crippen LogP contribution in [0.1, 0.15) is 37.4 Å². The molecule has 0 aromatic heterocycles. The highest BCUT2D eigenvalue weighted by Gasteiger charge is 2.37. The number of phenolic OH excluding ortho intramolecular Hbond substituents is 2. The molecule has 0 bridgehead atoms. The number of aliphatic carboxylic acids is 1. The van der Waals surface area contributed by atoms with Gasteiger partial charge in [0.15, 0.2) is 0 Å². The Balaban J connectivity index is 0.000000623. The van der Waals surface area contributed by atoms with E-state index in [1.165, 1.54) is 18.2 Å². The van der Waals surface area contributed by atoms with Crippen LogP contribution in [0.5, 0.6) is 17.2 Å². The Bertz CT molecular complexity index is 1460. The second kappa shape index (κ2) is 20.7. The summed E-state index contributed by atoms with van der Waals surface area (Å²) in [6.45, 7) is 2.81. The van der Waals surface area contributed by atoms with E-state index in [4.69, 9.17) is 20.1 Å². The van der Waals surface area contributed by atoms with Crippen LogP contribution in [-0.2, 0) is 4.79 Å². The topological polar surface area (TPSA) is 210 Å². The maximum atomic E-state index is 13.4. The van der Waals surface area contributed by atoms with Crippen molar-refractivity contribution in [3.8, 4) is 17.2 Å². The smallest absolute Gasteiger partial charge is 0.328 e. The van der Waals surface area contributed by atoms with Gasteiger partial charge in [-0.1, -0.05) is 18.2 Å². The summed E-state index contributed by atoms with van der Waals surface area (Å²) in [5.41, 5.74) is 1.43. The number of benzene rings is 3. The second-order valence-electron chi connectivity index (χ2n) is 9.64. The van der Waals surface area contributed by atoms with E-state index in [-0.39, 0.29) is 71.8 Å². The lowest BCUT2D eigenvalue weighted by Crippen LogP contribution is -2.28. The highest BCUT2D eigenvalue weighted by molar-refractivity contribution is 6.33. The van der Waals surface area contributed by atoms with Gasteiger partial charge in [-0.25, -0.2) is 4.79 Å². The summed E-state index contributed by atoms with van der Waals surface area (Å²) in [5, 5.41) is 59.0. The number of hydrogen-bond donors (Lipinski definition) is 9. The number of hydrogen-bond acceptors (Lipinski definition) is 12. The standard InChI is InChI=1S/C22H28N4O6.C10H10O3.2ClH/c27-11-9-23-5-7-25-13-1-2-14(26-8-6-24-10-12-28)18-17(13)21(31)19-15(29)3-4-16(30)20(19)22(18)32;1-13-9-5-3-2-4-8(9)6-7-10(11)12;;/h1-4,23-30H,5-12H2;2-7H,1H3,(H,11,12);2*1H. The Kier molecular flexibility index (Phi) is 17.9. The van der Waals surface area contributed by atoms with E-state index < -0.39 is 17.5 Å². The molecule has 256 valence electrons. The molecule has 9 N–H and O–H groups in total. The van der Waals surface area contributed by atoms with Gasteiger partial charge >= 0.3 is 5.97 Å². The number of carbonyl (C=O) groups is 3. The van der Waals surface area contributed by atoms with Crippen molar-refractivity contribution in [2.24, 2.45) is 0 Å². The van der Waals surface area contributed by atoms with Crippen LogP contribution in [-0.4, -0.2) is 103 Å². The van der Waals surface area contributed by atoms with Gasteiger partial charge in [0.25, 0.3) is 0 Å². The fraction of sp³-hybridized carbons (Fsp3) is 0.281. The number of carboxylic acids is 1. The first-order chi connectivity index (χ1) is 21.7. The van der Waals surface area contributed by atoms with E-state index >= 15 is 0 Å². The lowest BCUT2D eigenvalue weighted by molar-refractivity contribution is -0.131. The molecule has 0 saturated heterocycles. The molecule has 0 spiro atoms. The van der Waals surface area contributed by atoms with Crippen LogP contribution >= 0.6 is 24.8 Å². The predicted octanol–water partition coefficient (Wildman–Crippen LogP) is 2.50. The number of nitrogens with one attached hydrogen (secondary N) is 4. The molecule has 0 radical (unpaired) electrons. The Morgan fingerprint density at radius 1 is 0.702 bits per heavy atom. The molecule has 1 aliphatic carbocycles. The minimum absolute atomic E-state index is 0. The van der Waals surface area contributed by atoms with Crippen LogP contribution in [0.25, 0.3) is 6.08 Å². The number of carbonyl (C=O) groups excluding carboxylic acids is 2.